The van der Waals surface area contributed by atoms with E-state index in [2.05, 4.69) is 16.9 Å². The second-order valence-corrected chi connectivity index (χ2v) is 8.32. The van der Waals surface area contributed by atoms with Crippen molar-refractivity contribution >= 4 is 28.8 Å². The second kappa shape index (κ2) is 8.04. The Morgan fingerprint density at radius 2 is 2.15 bits per heavy atom. The predicted molar refractivity (Wildman–Crippen MR) is 104 cm³/mol. The summed E-state index contributed by atoms with van der Waals surface area (Å²) in [7, 11) is 2.11. The molecule has 1 atom stereocenters. The third kappa shape index (κ3) is 4.20. The van der Waals surface area contributed by atoms with Crippen LogP contribution >= 0.6 is 22.9 Å². The van der Waals surface area contributed by atoms with E-state index in [0.29, 0.717) is 35.5 Å². The number of ether oxygens (including phenoxy) is 2. The number of fused-ring (bicyclic) bond motifs is 1. The first-order valence-corrected chi connectivity index (χ1v) is 10.3. The van der Waals surface area contributed by atoms with Crippen molar-refractivity contribution in [3.63, 3.8) is 0 Å². The first-order valence-electron chi connectivity index (χ1n) is 9.04. The molecule has 6 nitrogen and oxygen atoms in total. The summed E-state index contributed by atoms with van der Waals surface area (Å²) < 4.78 is 10.8. The largest absolute Gasteiger partial charge is 0.454 e. The molecule has 0 N–H and O–H groups in total. The number of nitrogens with zero attached hydrogens (tertiary/aromatic N) is 3. The Kier molecular flexibility index (Phi) is 5.52. The summed E-state index contributed by atoms with van der Waals surface area (Å²) in [5.41, 5.74) is 0.892. The van der Waals surface area contributed by atoms with E-state index in [0.717, 1.165) is 36.5 Å². The fourth-order valence-corrected chi connectivity index (χ4v) is 4.48. The highest BCUT2D eigenvalue weighted by Gasteiger charge is 2.26. The SMILES string of the molecule is CN(Cc1nccs1)[C@H]1CCC(=O)N(Cc2cc3c(cc2Cl)OCO3)CC1. The van der Waals surface area contributed by atoms with Gasteiger partial charge in [-0.25, -0.2) is 4.98 Å². The summed E-state index contributed by atoms with van der Waals surface area (Å²) in [6, 6.07) is 4.02. The number of rotatable bonds is 5. The molecule has 0 radical (unpaired) electrons. The van der Waals surface area contributed by atoms with Crippen molar-refractivity contribution in [2.75, 3.05) is 20.4 Å². The number of carbonyl (C=O) groups is 1. The first kappa shape index (κ1) is 18.5. The lowest BCUT2D eigenvalue weighted by molar-refractivity contribution is -0.131. The van der Waals surface area contributed by atoms with Crippen LogP contribution in [0.1, 0.15) is 29.8 Å². The molecule has 8 heteroatoms. The Labute approximate surface area is 167 Å². The van der Waals surface area contributed by atoms with Gasteiger partial charge >= 0.3 is 0 Å². The highest BCUT2D eigenvalue weighted by Crippen LogP contribution is 2.37. The fourth-order valence-electron chi connectivity index (χ4n) is 3.59. The Morgan fingerprint density at radius 1 is 1.33 bits per heavy atom. The van der Waals surface area contributed by atoms with Crippen LogP contribution in [0.3, 0.4) is 0 Å². The van der Waals surface area contributed by atoms with Gasteiger partial charge in [-0.15, -0.1) is 11.3 Å². The molecule has 3 heterocycles. The molecule has 1 saturated heterocycles. The Morgan fingerprint density at radius 3 is 2.93 bits per heavy atom. The van der Waals surface area contributed by atoms with Crippen LogP contribution in [0.5, 0.6) is 11.5 Å². The molecule has 0 bridgehead atoms. The highest BCUT2D eigenvalue weighted by molar-refractivity contribution is 7.09. The number of likely N-dealkylation sites (tertiary alicyclic amines) is 1. The van der Waals surface area contributed by atoms with Gasteiger partial charge in [0.15, 0.2) is 11.5 Å². The van der Waals surface area contributed by atoms with Gasteiger partial charge in [-0.2, -0.15) is 0 Å². The summed E-state index contributed by atoms with van der Waals surface area (Å²) >= 11 is 8.05. The van der Waals surface area contributed by atoms with Gasteiger partial charge in [0.05, 0.1) is 6.54 Å². The molecule has 1 fully saturated rings. The van der Waals surface area contributed by atoms with Crippen molar-refractivity contribution in [2.24, 2.45) is 0 Å². The van der Waals surface area contributed by atoms with E-state index < -0.39 is 0 Å². The second-order valence-electron chi connectivity index (χ2n) is 6.93. The Bertz CT molecular complexity index is 815. The van der Waals surface area contributed by atoms with Crippen LogP contribution in [0.25, 0.3) is 0 Å². The number of hydrogen-bond acceptors (Lipinski definition) is 6. The van der Waals surface area contributed by atoms with E-state index in [4.69, 9.17) is 21.1 Å². The van der Waals surface area contributed by atoms with Crippen LogP contribution in [-0.4, -0.2) is 47.1 Å². The molecule has 2 aliphatic heterocycles. The van der Waals surface area contributed by atoms with Gasteiger partial charge in [-0.05, 0) is 31.5 Å². The topological polar surface area (TPSA) is 54.9 Å². The molecule has 1 amide bonds. The van der Waals surface area contributed by atoms with Crippen LogP contribution in [0.4, 0.5) is 0 Å². The molecule has 1 aromatic heterocycles. The summed E-state index contributed by atoms with van der Waals surface area (Å²) in [6.45, 7) is 2.25. The predicted octanol–water partition coefficient (Wildman–Crippen LogP) is 3.54. The standard InChI is InChI=1S/C19H22ClN3O3S/c1-22(11-18-21-5-7-27-18)14-2-3-19(24)23(6-4-14)10-13-8-16-17(9-15(13)20)26-12-25-16/h5,7-9,14H,2-4,6,10-12H2,1H3/t14-/m0/s1. The lowest BCUT2D eigenvalue weighted by Crippen LogP contribution is -2.33. The van der Waals surface area contributed by atoms with Crippen LogP contribution < -0.4 is 9.47 Å². The zero-order chi connectivity index (χ0) is 18.8. The van der Waals surface area contributed by atoms with Gasteiger partial charge in [-0.1, -0.05) is 11.6 Å². The minimum atomic E-state index is 0.175. The van der Waals surface area contributed by atoms with Crippen molar-refractivity contribution in [3.8, 4) is 11.5 Å². The Hall–Kier alpha value is -1.83. The molecule has 0 aliphatic carbocycles. The summed E-state index contributed by atoms with van der Waals surface area (Å²) in [5.74, 6) is 1.53. The highest BCUT2D eigenvalue weighted by atomic mass is 35.5. The summed E-state index contributed by atoms with van der Waals surface area (Å²) in [5, 5.41) is 3.71. The van der Waals surface area contributed by atoms with Crippen LogP contribution in [0.2, 0.25) is 5.02 Å². The number of aromatic nitrogens is 1. The maximum Gasteiger partial charge on any atom is 0.231 e. The van der Waals surface area contributed by atoms with Gasteiger partial charge in [0.25, 0.3) is 0 Å². The van der Waals surface area contributed by atoms with Gasteiger partial charge in [-0.3, -0.25) is 9.69 Å². The monoisotopic (exact) mass is 407 g/mol. The van der Waals surface area contributed by atoms with Crippen LogP contribution in [-0.2, 0) is 17.9 Å². The van der Waals surface area contributed by atoms with Gasteiger partial charge < -0.3 is 14.4 Å². The number of amides is 1. The molecule has 4 rings (SSSR count). The van der Waals surface area contributed by atoms with E-state index in [9.17, 15) is 4.79 Å². The number of halogens is 1. The van der Waals surface area contributed by atoms with Gasteiger partial charge in [0, 0.05) is 48.2 Å². The molecule has 2 aromatic rings. The fraction of sp³-hybridized carbons (Fsp3) is 0.474. The molecule has 0 unspecified atom stereocenters. The van der Waals surface area contributed by atoms with E-state index in [1.54, 1.807) is 17.4 Å². The molecule has 144 valence electrons. The summed E-state index contributed by atoms with van der Waals surface area (Å²) in [6.07, 6.45) is 4.19. The maximum absolute atomic E-state index is 12.6. The van der Waals surface area contributed by atoms with E-state index in [1.165, 1.54) is 0 Å². The minimum absolute atomic E-state index is 0.175. The number of benzene rings is 1. The molecular weight excluding hydrogens is 386 g/mol. The van der Waals surface area contributed by atoms with Crippen molar-refractivity contribution in [2.45, 2.75) is 38.4 Å². The van der Waals surface area contributed by atoms with E-state index in [-0.39, 0.29) is 12.7 Å². The zero-order valence-electron chi connectivity index (χ0n) is 15.2. The van der Waals surface area contributed by atoms with Crippen molar-refractivity contribution in [1.29, 1.82) is 0 Å². The zero-order valence-corrected chi connectivity index (χ0v) is 16.8. The molecular formula is C19H22ClN3O3S. The lowest BCUT2D eigenvalue weighted by atomic mass is 10.1. The molecule has 0 saturated carbocycles. The molecule has 2 aliphatic rings. The average molecular weight is 408 g/mol. The van der Waals surface area contributed by atoms with Crippen molar-refractivity contribution in [3.05, 3.63) is 39.3 Å². The molecule has 0 spiro atoms. The average Bonchev–Trinajstić information content (AvgIpc) is 3.28. The Balaban J connectivity index is 1.41. The smallest absolute Gasteiger partial charge is 0.231 e. The van der Waals surface area contributed by atoms with E-state index in [1.807, 2.05) is 22.5 Å². The number of hydrogen-bond donors (Lipinski definition) is 0. The maximum atomic E-state index is 12.6. The number of carbonyl (C=O) groups excluding carboxylic acids is 1. The lowest BCUT2D eigenvalue weighted by Gasteiger charge is -2.26. The normalized spacial score (nSPS) is 19.6. The quantitative estimate of drug-likeness (QED) is 0.758. The van der Waals surface area contributed by atoms with Gasteiger partial charge in [0.2, 0.25) is 12.7 Å². The van der Waals surface area contributed by atoms with Crippen LogP contribution in [0, 0.1) is 0 Å². The van der Waals surface area contributed by atoms with Gasteiger partial charge in [0.1, 0.15) is 5.01 Å². The van der Waals surface area contributed by atoms with Crippen LogP contribution in [0.15, 0.2) is 23.7 Å². The third-order valence-electron chi connectivity index (χ3n) is 5.17. The van der Waals surface area contributed by atoms with Crippen molar-refractivity contribution in [1.82, 2.24) is 14.8 Å². The first-order chi connectivity index (χ1) is 13.1. The number of thiazole rings is 1. The minimum Gasteiger partial charge on any atom is -0.454 e. The third-order valence-corrected chi connectivity index (χ3v) is 6.29. The molecule has 27 heavy (non-hydrogen) atoms. The van der Waals surface area contributed by atoms with Crippen molar-refractivity contribution < 1.29 is 14.3 Å². The van der Waals surface area contributed by atoms with E-state index >= 15 is 0 Å². The molecule has 1 aromatic carbocycles. The summed E-state index contributed by atoms with van der Waals surface area (Å²) in [4.78, 5) is 21.2.